The average molecular weight is 531 g/mol. The van der Waals surface area contributed by atoms with Gasteiger partial charge in [-0.25, -0.2) is 4.85 Å². The lowest BCUT2D eigenvalue weighted by Gasteiger charge is -2.69. The zero-order valence-corrected chi connectivity index (χ0v) is 24.8. The topological polar surface area (TPSA) is 67.6 Å². The minimum absolute atomic E-state index is 0.0445. The Morgan fingerprint density at radius 1 is 0.974 bits per heavy atom. The summed E-state index contributed by atoms with van der Waals surface area (Å²) in [6.45, 7) is 21.3. The number of nitrogens with zero attached hydrogens (tertiary/aromatic N) is 1. The Morgan fingerprint density at radius 2 is 1.67 bits per heavy atom. The third kappa shape index (κ3) is 3.51. The van der Waals surface area contributed by atoms with Crippen molar-refractivity contribution in [3.8, 4) is 0 Å². The molecule has 1 amide bonds. The van der Waals surface area contributed by atoms with Crippen molar-refractivity contribution in [2.45, 2.75) is 111 Å². The van der Waals surface area contributed by atoms with Gasteiger partial charge in [-0.3, -0.25) is 9.59 Å². The van der Waals surface area contributed by atoms with Crippen LogP contribution in [0.4, 0.5) is 0 Å². The van der Waals surface area contributed by atoms with Crippen LogP contribution in [-0.2, 0) is 14.4 Å². The maximum Gasteiger partial charge on any atom is 0.226 e. The number of allylic oxidation sites excluding steroid dienone is 4. The van der Waals surface area contributed by atoms with E-state index < -0.39 is 5.41 Å². The van der Waals surface area contributed by atoms with Crippen LogP contribution in [0.2, 0.25) is 0 Å². The van der Waals surface area contributed by atoms with Crippen molar-refractivity contribution in [2.24, 2.45) is 51.2 Å². The molecule has 0 radical (unpaired) electrons. The highest BCUT2D eigenvalue weighted by molar-refractivity contribution is 6.01. The first-order chi connectivity index (χ1) is 18.2. The van der Waals surface area contributed by atoms with Gasteiger partial charge >= 0.3 is 0 Å². The van der Waals surface area contributed by atoms with Crippen molar-refractivity contribution < 1.29 is 14.4 Å². The van der Waals surface area contributed by atoms with Gasteiger partial charge in [-0.15, -0.1) is 0 Å². The maximum absolute atomic E-state index is 14.5. The number of hydrogen-bond acceptors (Lipinski definition) is 3. The Labute approximate surface area is 234 Å². The van der Waals surface area contributed by atoms with Gasteiger partial charge in [0.25, 0.3) is 0 Å². The SMILES string of the molecule is [C-]#[N+]C1=C[C@]2(C)C3=CC(=O)[C@@H]4[C@@H]5CC(C)(C)CC[C@]5(NC(=O)C5CCC5)CC[C@@]4(C)[C@]3(C)CC[C@H]2[C@H](C)C1=O. The van der Waals surface area contributed by atoms with Crippen LogP contribution in [0, 0.1) is 57.8 Å². The summed E-state index contributed by atoms with van der Waals surface area (Å²) in [6, 6.07) is 0. The quantitative estimate of drug-likeness (QED) is 0.398. The van der Waals surface area contributed by atoms with Gasteiger partial charge in [-0.1, -0.05) is 59.6 Å². The Kier molecular flexibility index (Phi) is 5.81. The van der Waals surface area contributed by atoms with Crippen LogP contribution >= 0.6 is 0 Å². The molecule has 4 saturated carbocycles. The number of amides is 1. The lowest BCUT2D eigenvalue weighted by molar-refractivity contribution is -0.163. The first kappa shape index (κ1) is 27.0. The van der Waals surface area contributed by atoms with Crippen LogP contribution in [-0.4, -0.2) is 23.0 Å². The molecule has 0 spiro atoms. The highest BCUT2D eigenvalue weighted by Gasteiger charge is 2.69. The van der Waals surface area contributed by atoms with Crippen molar-refractivity contribution in [3.63, 3.8) is 0 Å². The molecule has 0 aromatic carbocycles. The molecule has 0 aromatic rings. The molecule has 0 aromatic heterocycles. The van der Waals surface area contributed by atoms with Crippen molar-refractivity contribution in [3.05, 3.63) is 34.8 Å². The van der Waals surface area contributed by atoms with E-state index in [4.69, 9.17) is 6.57 Å². The first-order valence-electron chi connectivity index (χ1n) is 15.4. The number of nitrogens with one attached hydrogen (secondary N) is 1. The minimum atomic E-state index is -0.470. The molecule has 0 heterocycles. The van der Waals surface area contributed by atoms with E-state index in [1.54, 1.807) is 0 Å². The molecule has 210 valence electrons. The molecule has 5 nitrogen and oxygen atoms in total. The van der Waals surface area contributed by atoms with E-state index in [0.717, 1.165) is 69.8 Å². The molecule has 4 fully saturated rings. The van der Waals surface area contributed by atoms with E-state index in [1.807, 2.05) is 19.1 Å². The monoisotopic (exact) mass is 530 g/mol. The second-order valence-corrected chi connectivity index (χ2v) is 15.7. The van der Waals surface area contributed by atoms with E-state index in [1.165, 1.54) is 0 Å². The number of Topliss-reactive ketones (excluding diaryl/α,β-unsaturated/α-hetero) is 1. The Balaban J connectivity index is 1.46. The second-order valence-electron chi connectivity index (χ2n) is 15.7. The van der Waals surface area contributed by atoms with Crippen LogP contribution in [0.25, 0.3) is 4.85 Å². The van der Waals surface area contributed by atoms with Crippen LogP contribution in [0.1, 0.15) is 106 Å². The molecule has 6 rings (SSSR count). The highest BCUT2D eigenvalue weighted by Crippen LogP contribution is 2.72. The van der Waals surface area contributed by atoms with Crippen molar-refractivity contribution in [1.82, 2.24) is 5.32 Å². The molecule has 39 heavy (non-hydrogen) atoms. The summed E-state index contributed by atoms with van der Waals surface area (Å²) >= 11 is 0. The fraction of sp³-hybridized carbons (Fsp3) is 0.765. The third-order valence-electron chi connectivity index (χ3n) is 13.3. The summed E-state index contributed by atoms with van der Waals surface area (Å²) in [6.07, 6.45) is 13.7. The van der Waals surface area contributed by atoms with Gasteiger partial charge in [0.2, 0.25) is 11.6 Å². The fourth-order valence-electron chi connectivity index (χ4n) is 10.5. The standard InChI is InChI=1S/C34H46N2O3/c1-20-22-11-12-32(5)26(31(22,4)19-24(35-7)28(20)38)17-25(37)27-23-18-30(2,3)13-15-34(23,16-14-33(27,32)6)36-29(39)21-9-8-10-21/h17,19-23,27H,8-16,18H2,1-6H3,(H,36,39)/t20-,22-,23-,27-,31-,32+,33+,34-/m0/s1. The first-order valence-corrected chi connectivity index (χ1v) is 15.4. The number of fused-ring (bicyclic) bond motifs is 7. The van der Waals surface area contributed by atoms with E-state index >= 15 is 0 Å². The lowest BCUT2D eigenvalue weighted by atomic mass is 9.36. The minimum Gasteiger partial charge on any atom is -0.350 e. The molecule has 0 aliphatic heterocycles. The van der Waals surface area contributed by atoms with Crippen molar-refractivity contribution in [1.29, 1.82) is 0 Å². The van der Waals surface area contributed by atoms with Gasteiger partial charge < -0.3 is 10.1 Å². The largest absolute Gasteiger partial charge is 0.350 e. The number of hydrogen-bond donors (Lipinski definition) is 1. The summed E-state index contributed by atoms with van der Waals surface area (Å²) in [5.74, 6) is 0.410. The van der Waals surface area contributed by atoms with E-state index in [0.29, 0.717) is 0 Å². The Morgan fingerprint density at radius 3 is 2.31 bits per heavy atom. The maximum atomic E-state index is 14.5. The number of rotatable bonds is 2. The number of carbonyl (C=O) groups is 3. The second kappa shape index (κ2) is 8.40. The fourth-order valence-corrected chi connectivity index (χ4v) is 10.5. The van der Waals surface area contributed by atoms with Gasteiger partial charge in [0.15, 0.2) is 11.6 Å². The third-order valence-corrected chi connectivity index (χ3v) is 13.3. The zero-order chi connectivity index (χ0) is 28.2. The highest BCUT2D eigenvalue weighted by atomic mass is 16.2. The zero-order valence-electron chi connectivity index (χ0n) is 24.8. The summed E-state index contributed by atoms with van der Waals surface area (Å²) in [5.41, 5.74) is 0.317. The summed E-state index contributed by atoms with van der Waals surface area (Å²) in [7, 11) is 0. The summed E-state index contributed by atoms with van der Waals surface area (Å²) in [5, 5.41) is 3.61. The molecular formula is C34H46N2O3. The van der Waals surface area contributed by atoms with Crippen LogP contribution < -0.4 is 5.32 Å². The molecule has 0 saturated heterocycles. The Hall–Kier alpha value is -2.22. The van der Waals surface area contributed by atoms with Gasteiger partial charge in [-0.05, 0) is 91.9 Å². The number of carbonyl (C=O) groups excluding carboxylic acids is 3. The molecule has 6 aliphatic rings. The average Bonchev–Trinajstić information content (AvgIpc) is 2.82. The van der Waals surface area contributed by atoms with Crippen LogP contribution in [0.5, 0.6) is 0 Å². The molecule has 8 atom stereocenters. The molecule has 1 N–H and O–H groups in total. The van der Waals surface area contributed by atoms with Gasteiger partial charge in [0, 0.05) is 28.7 Å². The van der Waals surface area contributed by atoms with Crippen molar-refractivity contribution in [2.75, 3.05) is 0 Å². The van der Waals surface area contributed by atoms with Gasteiger partial charge in [-0.2, -0.15) is 0 Å². The van der Waals surface area contributed by atoms with Gasteiger partial charge in [0.1, 0.15) is 0 Å². The van der Waals surface area contributed by atoms with Crippen molar-refractivity contribution >= 4 is 17.5 Å². The van der Waals surface area contributed by atoms with E-state index in [-0.39, 0.29) is 74.5 Å². The lowest BCUT2D eigenvalue weighted by Crippen LogP contribution is -2.70. The summed E-state index contributed by atoms with van der Waals surface area (Å²) < 4.78 is 0. The van der Waals surface area contributed by atoms with E-state index in [9.17, 15) is 14.4 Å². The molecule has 6 aliphatic carbocycles. The summed E-state index contributed by atoms with van der Waals surface area (Å²) in [4.78, 5) is 44.5. The van der Waals surface area contributed by atoms with Crippen LogP contribution in [0.3, 0.4) is 0 Å². The van der Waals surface area contributed by atoms with Gasteiger partial charge in [0.05, 0.1) is 6.57 Å². The van der Waals surface area contributed by atoms with Crippen LogP contribution in [0.15, 0.2) is 23.4 Å². The predicted octanol–water partition coefficient (Wildman–Crippen LogP) is 6.84. The smallest absolute Gasteiger partial charge is 0.226 e. The molecule has 0 unspecified atom stereocenters. The molecular weight excluding hydrogens is 484 g/mol. The van der Waals surface area contributed by atoms with E-state index in [2.05, 4.69) is 44.8 Å². The predicted molar refractivity (Wildman–Crippen MR) is 151 cm³/mol. The molecule has 5 heteroatoms. The normalized spacial score (nSPS) is 46.7. The molecule has 0 bridgehead atoms. The Bertz CT molecular complexity index is 1250. The number of ketones is 2.